The molecule has 0 bridgehead atoms. The highest BCUT2D eigenvalue weighted by atomic mass is 19.1. The highest BCUT2D eigenvalue weighted by Gasteiger charge is 2.26. The molecule has 0 saturated carbocycles. The van der Waals surface area contributed by atoms with Crippen LogP contribution in [0.25, 0.3) is 0 Å². The average molecular weight is 383 g/mol. The summed E-state index contributed by atoms with van der Waals surface area (Å²) in [6.45, 7) is 2.71. The molecule has 28 heavy (non-hydrogen) atoms. The molecule has 0 spiro atoms. The van der Waals surface area contributed by atoms with Crippen LogP contribution in [0.15, 0.2) is 42.5 Å². The van der Waals surface area contributed by atoms with Crippen molar-refractivity contribution in [3.63, 3.8) is 0 Å². The van der Waals surface area contributed by atoms with Crippen LogP contribution in [0.2, 0.25) is 0 Å². The van der Waals surface area contributed by atoms with Gasteiger partial charge >= 0.3 is 0 Å². The van der Waals surface area contributed by atoms with Gasteiger partial charge in [0.15, 0.2) is 0 Å². The van der Waals surface area contributed by atoms with E-state index in [9.17, 15) is 18.8 Å². The molecular weight excluding hydrogens is 361 g/mol. The predicted octanol–water partition coefficient (Wildman–Crippen LogP) is 2.72. The Morgan fingerprint density at radius 3 is 2.43 bits per heavy atom. The number of hydrogen-bond donors (Lipinski definition) is 2. The Balaban J connectivity index is 1.74. The molecule has 0 radical (unpaired) electrons. The summed E-state index contributed by atoms with van der Waals surface area (Å²) in [7, 11) is 0. The number of nitrogens with two attached hydrogens (primary N) is 1. The lowest BCUT2D eigenvalue weighted by molar-refractivity contribution is -0.123. The van der Waals surface area contributed by atoms with Crippen molar-refractivity contribution in [1.29, 1.82) is 0 Å². The number of aryl methyl sites for hydroxylation is 1. The van der Waals surface area contributed by atoms with Crippen LogP contribution in [0.1, 0.15) is 39.1 Å². The largest absolute Gasteiger partial charge is 0.369 e. The SMILES string of the molecule is Cc1ccc(C(=O)N2CCC(C(N)=O)CC2)cc1NC(=O)c1ccccc1F. The van der Waals surface area contributed by atoms with Crippen molar-refractivity contribution >= 4 is 23.4 Å². The van der Waals surface area contributed by atoms with E-state index < -0.39 is 11.7 Å². The summed E-state index contributed by atoms with van der Waals surface area (Å²) in [5.74, 6) is -1.89. The summed E-state index contributed by atoms with van der Waals surface area (Å²) < 4.78 is 13.8. The van der Waals surface area contributed by atoms with E-state index in [4.69, 9.17) is 5.73 Å². The molecule has 3 amide bonds. The maximum Gasteiger partial charge on any atom is 0.258 e. The molecule has 3 N–H and O–H groups in total. The van der Waals surface area contributed by atoms with E-state index in [-0.39, 0.29) is 23.3 Å². The Bertz CT molecular complexity index is 921. The summed E-state index contributed by atoms with van der Waals surface area (Å²) in [6, 6.07) is 10.7. The van der Waals surface area contributed by atoms with Gasteiger partial charge in [-0.1, -0.05) is 18.2 Å². The molecule has 1 saturated heterocycles. The summed E-state index contributed by atoms with van der Waals surface area (Å²) in [6.07, 6.45) is 1.09. The number of benzene rings is 2. The molecule has 1 heterocycles. The van der Waals surface area contributed by atoms with Crippen molar-refractivity contribution < 1.29 is 18.8 Å². The lowest BCUT2D eigenvalue weighted by atomic mass is 9.95. The normalized spacial score (nSPS) is 14.6. The Kier molecular flexibility index (Phi) is 5.73. The summed E-state index contributed by atoms with van der Waals surface area (Å²) >= 11 is 0. The second kappa shape index (κ2) is 8.21. The number of amides is 3. The first-order chi connectivity index (χ1) is 13.4. The van der Waals surface area contributed by atoms with E-state index in [0.29, 0.717) is 37.2 Å². The molecule has 1 aliphatic rings. The minimum Gasteiger partial charge on any atom is -0.369 e. The molecule has 0 unspecified atom stereocenters. The number of nitrogens with zero attached hydrogens (tertiary/aromatic N) is 1. The number of hydrogen-bond acceptors (Lipinski definition) is 3. The summed E-state index contributed by atoms with van der Waals surface area (Å²) in [4.78, 5) is 38.1. The number of nitrogens with one attached hydrogen (secondary N) is 1. The minimum atomic E-state index is -0.609. The summed E-state index contributed by atoms with van der Waals surface area (Å²) in [5, 5.41) is 2.68. The Morgan fingerprint density at radius 1 is 1.11 bits per heavy atom. The molecular formula is C21H22FN3O3. The zero-order valence-electron chi connectivity index (χ0n) is 15.6. The molecule has 1 fully saturated rings. The second-order valence-electron chi connectivity index (χ2n) is 6.93. The molecule has 0 aromatic heterocycles. The number of likely N-dealkylation sites (tertiary alicyclic amines) is 1. The molecule has 1 aliphatic heterocycles. The fourth-order valence-corrected chi connectivity index (χ4v) is 3.27. The minimum absolute atomic E-state index is 0.0628. The number of carbonyl (C=O) groups excluding carboxylic acids is 3. The van der Waals surface area contributed by atoms with Gasteiger partial charge in [-0.15, -0.1) is 0 Å². The van der Waals surface area contributed by atoms with E-state index >= 15 is 0 Å². The molecule has 0 atom stereocenters. The van der Waals surface area contributed by atoms with E-state index in [1.165, 1.54) is 18.2 Å². The van der Waals surface area contributed by atoms with Gasteiger partial charge in [0.05, 0.1) is 5.56 Å². The zero-order chi connectivity index (χ0) is 20.3. The third kappa shape index (κ3) is 4.19. The molecule has 0 aliphatic carbocycles. The Labute approximate surface area is 162 Å². The Hall–Kier alpha value is -3.22. The molecule has 146 valence electrons. The predicted molar refractivity (Wildman–Crippen MR) is 103 cm³/mol. The van der Waals surface area contributed by atoms with Crippen LogP contribution < -0.4 is 11.1 Å². The molecule has 7 heteroatoms. The van der Waals surface area contributed by atoms with E-state index in [2.05, 4.69) is 5.32 Å². The maximum atomic E-state index is 13.8. The van der Waals surface area contributed by atoms with Gasteiger partial charge in [-0.05, 0) is 49.6 Å². The van der Waals surface area contributed by atoms with Crippen LogP contribution in [0.5, 0.6) is 0 Å². The fourth-order valence-electron chi connectivity index (χ4n) is 3.27. The molecule has 3 rings (SSSR count). The second-order valence-corrected chi connectivity index (χ2v) is 6.93. The highest BCUT2D eigenvalue weighted by molar-refractivity contribution is 6.05. The average Bonchev–Trinajstić information content (AvgIpc) is 2.69. The van der Waals surface area contributed by atoms with Gasteiger partial charge in [0.2, 0.25) is 5.91 Å². The van der Waals surface area contributed by atoms with Gasteiger partial charge in [0.1, 0.15) is 5.82 Å². The van der Waals surface area contributed by atoms with Crippen molar-refractivity contribution in [2.75, 3.05) is 18.4 Å². The van der Waals surface area contributed by atoms with Gasteiger partial charge in [0, 0.05) is 30.3 Å². The molecule has 2 aromatic rings. The van der Waals surface area contributed by atoms with Gasteiger partial charge in [0.25, 0.3) is 11.8 Å². The third-order valence-corrected chi connectivity index (χ3v) is 5.04. The van der Waals surface area contributed by atoms with E-state index in [1.54, 1.807) is 36.1 Å². The van der Waals surface area contributed by atoms with Crippen molar-refractivity contribution in [2.45, 2.75) is 19.8 Å². The Morgan fingerprint density at radius 2 is 1.79 bits per heavy atom. The smallest absolute Gasteiger partial charge is 0.258 e. The fraction of sp³-hybridized carbons (Fsp3) is 0.286. The van der Waals surface area contributed by atoms with Crippen LogP contribution in [0.3, 0.4) is 0 Å². The molecule has 6 nitrogen and oxygen atoms in total. The zero-order valence-corrected chi connectivity index (χ0v) is 15.6. The number of carbonyl (C=O) groups is 3. The van der Waals surface area contributed by atoms with Gasteiger partial charge in [-0.3, -0.25) is 14.4 Å². The monoisotopic (exact) mass is 383 g/mol. The third-order valence-electron chi connectivity index (χ3n) is 5.04. The van der Waals surface area contributed by atoms with Crippen LogP contribution in [-0.4, -0.2) is 35.7 Å². The standard InChI is InChI=1S/C21H22FN3O3/c1-13-6-7-15(21(28)25-10-8-14(9-11-25)19(23)26)12-18(13)24-20(27)16-4-2-3-5-17(16)22/h2-7,12,14H,8-11H2,1H3,(H2,23,26)(H,24,27). The quantitative estimate of drug-likeness (QED) is 0.850. The van der Waals surface area contributed by atoms with Gasteiger partial charge in [-0.25, -0.2) is 4.39 Å². The number of piperidine rings is 1. The topological polar surface area (TPSA) is 92.5 Å². The maximum absolute atomic E-state index is 13.8. The van der Waals surface area contributed by atoms with Crippen LogP contribution in [-0.2, 0) is 4.79 Å². The van der Waals surface area contributed by atoms with Crippen molar-refractivity contribution in [2.24, 2.45) is 11.7 Å². The van der Waals surface area contributed by atoms with Crippen molar-refractivity contribution in [3.8, 4) is 0 Å². The molecule has 2 aromatic carbocycles. The first-order valence-electron chi connectivity index (χ1n) is 9.12. The van der Waals surface area contributed by atoms with Crippen molar-refractivity contribution in [3.05, 3.63) is 65.0 Å². The first kappa shape index (κ1) is 19.5. The number of anilines is 1. The van der Waals surface area contributed by atoms with Gasteiger partial charge < -0.3 is 16.0 Å². The first-order valence-corrected chi connectivity index (χ1v) is 9.12. The number of primary amides is 1. The van der Waals surface area contributed by atoms with E-state index in [1.807, 2.05) is 0 Å². The van der Waals surface area contributed by atoms with Crippen LogP contribution >= 0.6 is 0 Å². The lowest BCUT2D eigenvalue weighted by Crippen LogP contribution is -2.41. The van der Waals surface area contributed by atoms with E-state index in [0.717, 1.165) is 5.56 Å². The van der Waals surface area contributed by atoms with Crippen LogP contribution in [0, 0.1) is 18.7 Å². The number of rotatable bonds is 4. The number of halogens is 1. The van der Waals surface area contributed by atoms with Gasteiger partial charge in [-0.2, -0.15) is 0 Å². The lowest BCUT2D eigenvalue weighted by Gasteiger charge is -2.30. The van der Waals surface area contributed by atoms with Crippen molar-refractivity contribution in [1.82, 2.24) is 4.90 Å². The van der Waals surface area contributed by atoms with Crippen LogP contribution in [0.4, 0.5) is 10.1 Å². The highest BCUT2D eigenvalue weighted by Crippen LogP contribution is 2.22. The summed E-state index contributed by atoms with van der Waals surface area (Å²) in [5.41, 5.74) is 6.90.